The quantitative estimate of drug-likeness (QED) is 0.862. The SMILES string of the molecule is Cc1nc(C)c([C@H](O)C(=O)OC(C)C)c(Cl)c1Br. The maximum absolute atomic E-state index is 11.7. The van der Waals surface area contributed by atoms with E-state index in [2.05, 4.69) is 20.9 Å². The fourth-order valence-corrected chi connectivity index (χ4v) is 2.21. The third-order valence-electron chi connectivity index (χ3n) is 2.32. The second kappa shape index (κ2) is 5.99. The van der Waals surface area contributed by atoms with E-state index in [1.54, 1.807) is 27.7 Å². The monoisotopic (exact) mass is 335 g/mol. The number of pyridine rings is 1. The third-order valence-corrected chi connectivity index (χ3v) is 3.91. The predicted molar refractivity (Wildman–Crippen MR) is 72.6 cm³/mol. The second-order valence-electron chi connectivity index (χ2n) is 4.21. The Balaban J connectivity index is 3.17. The maximum Gasteiger partial charge on any atom is 0.340 e. The van der Waals surface area contributed by atoms with Gasteiger partial charge in [0.2, 0.25) is 0 Å². The number of aryl methyl sites for hydroxylation is 2. The molecule has 0 amide bonds. The molecule has 0 saturated heterocycles. The molecular formula is C12H15BrClNO3. The van der Waals surface area contributed by atoms with Crippen LogP contribution in [0.1, 0.15) is 36.9 Å². The molecule has 0 saturated carbocycles. The lowest BCUT2D eigenvalue weighted by atomic mass is 10.1. The van der Waals surface area contributed by atoms with E-state index in [1.165, 1.54) is 0 Å². The van der Waals surface area contributed by atoms with Crippen LogP contribution in [0.5, 0.6) is 0 Å². The van der Waals surface area contributed by atoms with Crippen molar-refractivity contribution in [3.05, 3.63) is 26.4 Å². The number of nitrogens with zero attached hydrogens (tertiary/aromatic N) is 1. The van der Waals surface area contributed by atoms with Crippen LogP contribution in [-0.4, -0.2) is 22.2 Å². The van der Waals surface area contributed by atoms with Gasteiger partial charge in [-0.05, 0) is 43.6 Å². The fourth-order valence-electron chi connectivity index (χ4n) is 1.53. The zero-order chi connectivity index (χ0) is 14.0. The number of carbonyl (C=O) groups is 1. The minimum absolute atomic E-state index is 0.278. The Morgan fingerprint density at radius 2 is 1.94 bits per heavy atom. The molecule has 4 nitrogen and oxygen atoms in total. The lowest BCUT2D eigenvalue weighted by molar-refractivity contribution is -0.157. The smallest absolute Gasteiger partial charge is 0.340 e. The van der Waals surface area contributed by atoms with E-state index >= 15 is 0 Å². The molecule has 0 aliphatic rings. The normalized spacial score (nSPS) is 12.7. The molecule has 0 aromatic carbocycles. The second-order valence-corrected chi connectivity index (χ2v) is 5.38. The van der Waals surface area contributed by atoms with E-state index in [4.69, 9.17) is 16.3 Å². The van der Waals surface area contributed by atoms with E-state index in [9.17, 15) is 9.90 Å². The zero-order valence-corrected chi connectivity index (χ0v) is 13.0. The Morgan fingerprint density at radius 3 is 2.44 bits per heavy atom. The molecule has 1 heterocycles. The highest BCUT2D eigenvalue weighted by Crippen LogP contribution is 2.34. The summed E-state index contributed by atoms with van der Waals surface area (Å²) in [6.07, 6.45) is -1.72. The molecule has 1 N–H and O–H groups in total. The molecule has 100 valence electrons. The van der Waals surface area contributed by atoms with Gasteiger partial charge in [-0.25, -0.2) is 4.79 Å². The van der Waals surface area contributed by atoms with Crippen molar-refractivity contribution in [3.8, 4) is 0 Å². The number of hydrogen-bond donors (Lipinski definition) is 1. The molecule has 0 fully saturated rings. The lowest BCUT2D eigenvalue weighted by Gasteiger charge is -2.17. The van der Waals surface area contributed by atoms with E-state index < -0.39 is 12.1 Å². The Labute approximate surface area is 119 Å². The van der Waals surface area contributed by atoms with Crippen LogP contribution in [0.25, 0.3) is 0 Å². The summed E-state index contributed by atoms with van der Waals surface area (Å²) in [5.41, 5.74) is 1.49. The topological polar surface area (TPSA) is 59.4 Å². The first-order valence-corrected chi connectivity index (χ1v) is 6.63. The summed E-state index contributed by atoms with van der Waals surface area (Å²) in [4.78, 5) is 15.9. The molecule has 6 heteroatoms. The number of hydrogen-bond acceptors (Lipinski definition) is 4. The number of ether oxygens (including phenoxy) is 1. The molecule has 1 aromatic heterocycles. The highest BCUT2D eigenvalue weighted by atomic mass is 79.9. The van der Waals surface area contributed by atoms with Crippen molar-refractivity contribution in [2.45, 2.75) is 39.9 Å². The van der Waals surface area contributed by atoms with Crippen LogP contribution in [0.4, 0.5) is 0 Å². The molecular weight excluding hydrogens is 321 g/mol. The first-order valence-electron chi connectivity index (χ1n) is 5.46. The average molecular weight is 337 g/mol. The molecule has 0 unspecified atom stereocenters. The van der Waals surface area contributed by atoms with Gasteiger partial charge < -0.3 is 9.84 Å². The number of esters is 1. The van der Waals surface area contributed by atoms with Crippen LogP contribution in [0.15, 0.2) is 4.47 Å². The number of halogens is 2. The maximum atomic E-state index is 11.7. The average Bonchev–Trinajstić information content (AvgIpc) is 2.25. The van der Waals surface area contributed by atoms with Gasteiger partial charge in [-0.3, -0.25) is 4.98 Å². The molecule has 1 rings (SSSR count). The third kappa shape index (κ3) is 3.22. The number of aliphatic hydroxyl groups excluding tert-OH is 1. The Morgan fingerprint density at radius 1 is 1.39 bits per heavy atom. The van der Waals surface area contributed by atoms with Crippen molar-refractivity contribution in [2.75, 3.05) is 0 Å². The van der Waals surface area contributed by atoms with Crippen molar-refractivity contribution in [1.82, 2.24) is 4.98 Å². The number of aliphatic hydroxyl groups is 1. The summed E-state index contributed by atoms with van der Waals surface area (Å²) >= 11 is 9.40. The van der Waals surface area contributed by atoms with Gasteiger partial charge in [0.25, 0.3) is 0 Å². The van der Waals surface area contributed by atoms with Gasteiger partial charge in [0.05, 0.1) is 21.3 Å². The summed E-state index contributed by atoms with van der Waals surface area (Å²) in [6, 6.07) is 0. The van der Waals surface area contributed by atoms with Gasteiger partial charge in [-0.15, -0.1) is 0 Å². The van der Waals surface area contributed by atoms with Gasteiger partial charge in [-0.1, -0.05) is 11.6 Å². The highest BCUT2D eigenvalue weighted by Gasteiger charge is 2.27. The molecule has 0 radical (unpaired) electrons. The van der Waals surface area contributed by atoms with Crippen LogP contribution < -0.4 is 0 Å². The molecule has 0 spiro atoms. The van der Waals surface area contributed by atoms with Crippen LogP contribution >= 0.6 is 27.5 Å². The summed E-state index contributed by atoms with van der Waals surface area (Å²) in [5.74, 6) is -0.729. The standard InChI is InChI=1S/C12H15BrClNO3/c1-5(2)18-12(17)11(16)8-6(3)15-7(4)9(13)10(8)14/h5,11,16H,1-4H3/t11-/m0/s1. The summed E-state index contributed by atoms with van der Waals surface area (Å²) in [7, 11) is 0. The van der Waals surface area contributed by atoms with Gasteiger partial charge >= 0.3 is 5.97 Å². The van der Waals surface area contributed by atoms with Crippen molar-refractivity contribution >= 4 is 33.5 Å². The number of aromatic nitrogens is 1. The zero-order valence-electron chi connectivity index (χ0n) is 10.6. The van der Waals surface area contributed by atoms with E-state index in [0.717, 1.165) is 0 Å². The van der Waals surface area contributed by atoms with E-state index in [1.807, 2.05) is 0 Å². The van der Waals surface area contributed by atoms with Gasteiger partial charge in [0.15, 0.2) is 6.10 Å². The summed E-state index contributed by atoms with van der Waals surface area (Å²) < 4.78 is 5.53. The fraction of sp³-hybridized carbons (Fsp3) is 0.500. The van der Waals surface area contributed by atoms with Crippen LogP contribution in [-0.2, 0) is 9.53 Å². The predicted octanol–water partition coefficient (Wildman–Crippen LogP) is 3.10. The van der Waals surface area contributed by atoms with Crippen molar-refractivity contribution in [2.24, 2.45) is 0 Å². The Kier molecular flexibility index (Phi) is 5.13. The van der Waals surface area contributed by atoms with Crippen molar-refractivity contribution in [3.63, 3.8) is 0 Å². The van der Waals surface area contributed by atoms with Crippen LogP contribution in [0.3, 0.4) is 0 Å². The van der Waals surface area contributed by atoms with Crippen molar-refractivity contribution < 1.29 is 14.6 Å². The summed E-state index contributed by atoms with van der Waals surface area (Å²) in [6.45, 7) is 6.89. The molecule has 0 aliphatic carbocycles. The molecule has 0 aliphatic heterocycles. The minimum atomic E-state index is -1.43. The largest absolute Gasteiger partial charge is 0.461 e. The molecule has 1 atom stereocenters. The van der Waals surface area contributed by atoms with Crippen LogP contribution in [0.2, 0.25) is 5.02 Å². The Hall–Kier alpha value is -0.650. The van der Waals surface area contributed by atoms with E-state index in [-0.39, 0.29) is 16.7 Å². The van der Waals surface area contributed by atoms with Gasteiger partial charge in [-0.2, -0.15) is 0 Å². The lowest BCUT2D eigenvalue weighted by Crippen LogP contribution is -2.21. The molecule has 0 bridgehead atoms. The minimum Gasteiger partial charge on any atom is -0.461 e. The molecule has 1 aromatic rings. The molecule has 18 heavy (non-hydrogen) atoms. The number of rotatable bonds is 3. The van der Waals surface area contributed by atoms with Crippen molar-refractivity contribution in [1.29, 1.82) is 0 Å². The van der Waals surface area contributed by atoms with E-state index in [0.29, 0.717) is 15.9 Å². The van der Waals surface area contributed by atoms with Gasteiger partial charge in [0, 0.05) is 11.3 Å². The van der Waals surface area contributed by atoms with Gasteiger partial charge in [0.1, 0.15) is 0 Å². The highest BCUT2D eigenvalue weighted by molar-refractivity contribution is 9.10. The first-order chi connectivity index (χ1) is 8.25. The first kappa shape index (κ1) is 15.4. The number of carbonyl (C=O) groups excluding carboxylic acids is 1. The van der Waals surface area contributed by atoms with Crippen LogP contribution in [0, 0.1) is 13.8 Å². The Bertz CT molecular complexity index is 477. The summed E-state index contributed by atoms with van der Waals surface area (Å²) in [5, 5.41) is 10.3.